The van der Waals surface area contributed by atoms with Crippen molar-refractivity contribution in [3.8, 4) is 16.9 Å². The van der Waals surface area contributed by atoms with Gasteiger partial charge in [-0.1, -0.05) is 49.0 Å². The Hall–Kier alpha value is -2.24. The highest BCUT2D eigenvalue weighted by Gasteiger charge is 2.16. The van der Waals surface area contributed by atoms with Crippen molar-refractivity contribution in [2.24, 2.45) is 0 Å². The summed E-state index contributed by atoms with van der Waals surface area (Å²) in [4.78, 5) is 8.20. The summed E-state index contributed by atoms with van der Waals surface area (Å²) < 4.78 is 5.97. The van der Waals surface area contributed by atoms with Gasteiger partial charge in [-0.25, -0.2) is 4.98 Å². The number of nitrogens with two attached hydrogens (primary N) is 2. The van der Waals surface area contributed by atoms with E-state index in [-0.39, 0.29) is 11.8 Å². The third kappa shape index (κ3) is 3.79. The fraction of sp³-hybridized carbons (Fsp3) is 0.263. The Morgan fingerprint density at radius 2 is 1.81 bits per heavy atom. The van der Waals surface area contributed by atoms with Crippen LogP contribution in [0.4, 0.5) is 11.8 Å². The molecule has 2 aromatic carbocycles. The molecule has 0 aliphatic heterocycles. The quantitative estimate of drug-likeness (QED) is 0.554. The zero-order valence-electron chi connectivity index (χ0n) is 14.4. The summed E-state index contributed by atoms with van der Waals surface area (Å²) >= 11 is 12.9. The van der Waals surface area contributed by atoms with Crippen molar-refractivity contribution in [3.05, 3.63) is 40.4 Å². The van der Waals surface area contributed by atoms with Crippen LogP contribution in [0.3, 0.4) is 0 Å². The first-order valence-electron chi connectivity index (χ1n) is 8.45. The van der Waals surface area contributed by atoms with E-state index in [1.165, 1.54) is 0 Å². The molecule has 0 atom stereocenters. The van der Waals surface area contributed by atoms with Crippen LogP contribution in [0.1, 0.15) is 26.2 Å². The number of ether oxygens (including phenoxy) is 1. The summed E-state index contributed by atoms with van der Waals surface area (Å²) in [5, 5.41) is 1.61. The molecule has 136 valence electrons. The normalized spacial score (nSPS) is 11.0. The third-order valence-electron chi connectivity index (χ3n) is 4.08. The van der Waals surface area contributed by atoms with Crippen LogP contribution in [0.5, 0.6) is 5.75 Å². The average Bonchev–Trinajstić information content (AvgIpc) is 2.59. The summed E-state index contributed by atoms with van der Waals surface area (Å²) in [6, 6.07) is 9.16. The number of unbranched alkanes of at least 4 members (excludes halogenated alkanes) is 2. The zero-order valence-corrected chi connectivity index (χ0v) is 15.9. The van der Waals surface area contributed by atoms with E-state index in [9.17, 15) is 0 Å². The maximum absolute atomic E-state index is 6.64. The van der Waals surface area contributed by atoms with Gasteiger partial charge < -0.3 is 16.2 Å². The van der Waals surface area contributed by atoms with Crippen LogP contribution in [-0.4, -0.2) is 16.6 Å². The van der Waals surface area contributed by atoms with Crippen LogP contribution >= 0.6 is 23.2 Å². The molecule has 0 unspecified atom stereocenters. The van der Waals surface area contributed by atoms with E-state index >= 15 is 0 Å². The third-order valence-corrected chi connectivity index (χ3v) is 4.71. The second kappa shape index (κ2) is 7.98. The first-order valence-corrected chi connectivity index (χ1v) is 9.20. The van der Waals surface area contributed by atoms with Gasteiger partial charge in [-0.2, -0.15) is 4.98 Å². The molecule has 1 aromatic heterocycles. The molecule has 0 radical (unpaired) electrons. The van der Waals surface area contributed by atoms with Crippen LogP contribution in [0, 0.1) is 0 Å². The molecular weight excluding hydrogens is 371 g/mol. The zero-order chi connectivity index (χ0) is 18.7. The van der Waals surface area contributed by atoms with Crippen molar-refractivity contribution in [3.63, 3.8) is 0 Å². The number of nitrogens with zero attached hydrogens (tertiary/aromatic N) is 2. The lowest BCUT2D eigenvalue weighted by Gasteiger charge is -2.15. The van der Waals surface area contributed by atoms with Crippen LogP contribution < -0.4 is 16.2 Å². The van der Waals surface area contributed by atoms with E-state index in [1.807, 2.05) is 24.3 Å². The molecule has 26 heavy (non-hydrogen) atoms. The molecule has 0 bridgehead atoms. The van der Waals surface area contributed by atoms with E-state index in [2.05, 4.69) is 16.9 Å². The number of halogens is 2. The van der Waals surface area contributed by atoms with Gasteiger partial charge in [0.2, 0.25) is 5.95 Å². The highest BCUT2D eigenvalue weighted by molar-refractivity contribution is 6.39. The van der Waals surface area contributed by atoms with Gasteiger partial charge in [-0.15, -0.1) is 0 Å². The molecule has 0 saturated heterocycles. The number of fused-ring (bicyclic) bond motifs is 1. The van der Waals surface area contributed by atoms with Gasteiger partial charge in [-0.05, 0) is 30.7 Å². The lowest BCUT2D eigenvalue weighted by atomic mass is 10.0. The van der Waals surface area contributed by atoms with Gasteiger partial charge in [0.25, 0.3) is 0 Å². The molecule has 0 saturated carbocycles. The molecule has 0 aliphatic rings. The summed E-state index contributed by atoms with van der Waals surface area (Å²) in [7, 11) is 0. The van der Waals surface area contributed by atoms with E-state index in [1.54, 1.807) is 6.07 Å². The summed E-state index contributed by atoms with van der Waals surface area (Å²) in [6.45, 7) is 2.79. The van der Waals surface area contributed by atoms with E-state index in [4.69, 9.17) is 39.4 Å². The summed E-state index contributed by atoms with van der Waals surface area (Å²) in [6.07, 6.45) is 3.24. The molecule has 0 amide bonds. The first kappa shape index (κ1) is 18.5. The molecule has 4 N–H and O–H groups in total. The lowest BCUT2D eigenvalue weighted by Crippen LogP contribution is -2.02. The highest BCUT2D eigenvalue weighted by Crippen LogP contribution is 2.41. The number of rotatable bonds is 6. The maximum Gasteiger partial charge on any atom is 0.222 e. The number of anilines is 2. The minimum Gasteiger partial charge on any atom is -0.493 e. The van der Waals surface area contributed by atoms with Crippen molar-refractivity contribution >= 4 is 45.9 Å². The molecular formula is C19H20Cl2N4O. The van der Waals surface area contributed by atoms with Crippen LogP contribution in [-0.2, 0) is 0 Å². The molecule has 1 heterocycles. The Bertz CT molecular complexity index is 946. The largest absolute Gasteiger partial charge is 0.493 e. The van der Waals surface area contributed by atoms with Gasteiger partial charge in [0, 0.05) is 16.1 Å². The van der Waals surface area contributed by atoms with E-state index in [0.29, 0.717) is 27.6 Å². The molecule has 3 aromatic rings. The minimum atomic E-state index is 0.113. The van der Waals surface area contributed by atoms with E-state index in [0.717, 1.165) is 36.1 Å². The van der Waals surface area contributed by atoms with Crippen LogP contribution in [0.2, 0.25) is 10.0 Å². The second-order valence-corrected chi connectivity index (χ2v) is 6.80. The van der Waals surface area contributed by atoms with Crippen molar-refractivity contribution in [1.82, 2.24) is 9.97 Å². The predicted molar refractivity (Wildman–Crippen MR) is 109 cm³/mol. The Kier molecular flexibility index (Phi) is 5.69. The van der Waals surface area contributed by atoms with Gasteiger partial charge in [-0.3, -0.25) is 0 Å². The Morgan fingerprint density at radius 1 is 1.00 bits per heavy atom. The SMILES string of the molecule is CCCCCOc1ccc(Cl)cc1-c1ccc2nc(N)nc(N)c2c1Cl. The molecule has 7 heteroatoms. The summed E-state index contributed by atoms with van der Waals surface area (Å²) in [5.41, 5.74) is 13.8. The van der Waals surface area contributed by atoms with Crippen molar-refractivity contribution in [1.29, 1.82) is 0 Å². The number of hydrogen-bond donors (Lipinski definition) is 2. The fourth-order valence-electron chi connectivity index (χ4n) is 2.81. The predicted octanol–water partition coefficient (Wildman–Crippen LogP) is 5.34. The monoisotopic (exact) mass is 390 g/mol. The van der Waals surface area contributed by atoms with Gasteiger partial charge >= 0.3 is 0 Å². The minimum absolute atomic E-state index is 0.113. The highest BCUT2D eigenvalue weighted by atomic mass is 35.5. The first-order chi connectivity index (χ1) is 12.5. The van der Waals surface area contributed by atoms with E-state index < -0.39 is 0 Å². The standard InChI is InChI=1S/C19H20Cl2N4O/c1-2-3-4-9-26-15-8-5-11(20)10-13(15)12-6-7-14-16(17(12)21)18(22)25-19(23)24-14/h5-8,10H,2-4,9H2,1H3,(H4,22,23,24,25). The maximum atomic E-state index is 6.64. The van der Waals surface area contributed by atoms with Gasteiger partial charge in [0.1, 0.15) is 11.6 Å². The Morgan fingerprint density at radius 3 is 2.58 bits per heavy atom. The number of benzene rings is 2. The van der Waals surface area contributed by atoms with Crippen LogP contribution in [0.25, 0.3) is 22.0 Å². The number of nitrogen functional groups attached to an aromatic ring is 2. The van der Waals surface area contributed by atoms with Gasteiger partial charge in [0.15, 0.2) is 0 Å². The lowest BCUT2D eigenvalue weighted by molar-refractivity contribution is 0.307. The summed E-state index contributed by atoms with van der Waals surface area (Å²) in [5.74, 6) is 1.08. The number of aromatic nitrogens is 2. The molecule has 0 spiro atoms. The molecule has 0 fully saturated rings. The Labute approximate surface area is 162 Å². The molecule has 5 nitrogen and oxygen atoms in total. The average molecular weight is 391 g/mol. The van der Waals surface area contributed by atoms with Gasteiger partial charge in [0.05, 0.1) is 22.5 Å². The number of hydrogen-bond acceptors (Lipinski definition) is 5. The fourth-order valence-corrected chi connectivity index (χ4v) is 3.34. The molecule has 3 rings (SSSR count). The second-order valence-electron chi connectivity index (χ2n) is 5.98. The van der Waals surface area contributed by atoms with Crippen LogP contribution in [0.15, 0.2) is 30.3 Å². The topological polar surface area (TPSA) is 87.0 Å². The smallest absolute Gasteiger partial charge is 0.222 e. The Balaban J connectivity index is 2.08. The molecule has 0 aliphatic carbocycles. The van der Waals surface area contributed by atoms with Crippen molar-refractivity contribution < 1.29 is 4.74 Å². The van der Waals surface area contributed by atoms with Crippen molar-refractivity contribution in [2.45, 2.75) is 26.2 Å². The van der Waals surface area contributed by atoms with Crippen molar-refractivity contribution in [2.75, 3.05) is 18.1 Å².